The van der Waals surface area contributed by atoms with Gasteiger partial charge in [0.05, 0.1) is 17.2 Å². The molecule has 7 nitrogen and oxygen atoms in total. The number of piperidine rings is 1. The Labute approximate surface area is 160 Å². The van der Waals surface area contributed by atoms with Crippen molar-refractivity contribution in [3.05, 3.63) is 35.4 Å². The maximum atomic E-state index is 12.8. The SMILES string of the molecule is CCN(CC)C(C)CN1C(O)CCC(N2C(=O)c3ccccc3C2=O)C1O. The molecule has 0 saturated carbocycles. The summed E-state index contributed by atoms with van der Waals surface area (Å²) in [4.78, 5) is 30.6. The van der Waals surface area contributed by atoms with Crippen LogP contribution in [-0.2, 0) is 0 Å². The number of likely N-dealkylation sites (tertiary alicyclic amines) is 1. The lowest BCUT2D eigenvalue weighted by Crippen LogP contribution is -2.62. The molecule has 4 unspecified atom stereocenters. The normalized spacial score (nSPS) is 27.3. The molecule has 2 amide bonds. The Hall–Kier alpha value is -1.80. The largest absolute Gasteiger partial charge is 0.378 e. The van der Waals surface area contributed by atoms with Crippen molar-refractivity contribution in [1.29, 1.82) is 0 Å². The zero-order chi connectivity index (χ0) is 19.7. The molecule has 0 bridgehead atoms. The van der Waals surface area contributed by atoms with Crippen LogP contribution in [-0.4, -0.2) is 80.9 Å². The van der Waals surface area contributed by atoms with E-state index in [1.807, 2.05) is 0 Å². The van der Waals surface area contributed by atoms with Crippen molar-refractivity contribution in [1.82, 2.24) is 14.7 Å². The average molecular weight is 375 g/mol. The Balaban J connectivity index is 1.80. The standard InChI is InChI=1S/C20H29N3O4/c1-4-21(5-2)13(3)12-22-17(24)11-10-16(20(22)27)23-18(25)14-8-6-7-9-15(14)19(23)26/h6-9,13,16-17,20,24,27H,4-5,10-12H2,1-3H3. The fourth-order valence-corrected chi connectivity index (χ4v) is 4.30. The summed E-state index contributed by atoms with van der Waals surface area (Å²) in [7, 11) is 0. The molecule has 3 rings (SSSR count). The van der Waals surface area contributed by atoms with E-state index in [1.165, 1.54) is 4.90 Å². The second-order valence-corrected chi connectivity index (χ2v) is 7.33. The number of carbonyl (C=O) groups excluding carboxylic acids is 2. The van der Waals surface area contributed by atoms with Crippen LogP contribution in [0.4, 0.5) is 0 Å². The molecule has 1 fully saturated rings. The van der Waals surface area contributed by atoms with Gasteiger partial charge in [-0.15, -0.1) is 0 Å². The van der Waals surface area contributed by atoms with E-state index in [2.05, 4.69) is 25.7 Å². The molecule has 0 aliphatic carbocycles. The number of fused-ring (bicyclic) bond motifs is 1. The van der Waals surface area contributed by atoms with Crippen molar-refractivity contribution in [2.45, 2.75) is 58.2 Å². The number of rotatable bonds is 6. The molecule has 4 atom stereocenters. The first-order valence-electron chi connectivity index (χ1n) is 9.73. The summed E-state index contributed by atoms with van der Waals surface area (Å²) < 4.78 is 0. The van der Waals surface area contributed by atoms with E-state index in [1.54, 1.807) is 29.2 Å². The van der Waals surface area contributed by atoms with Crippen LogP contribution in [0, 0.1) is 0 Å². The summed E-state index contributed by atoms with van der Waals surface area (Å²) in [5.74, 6) is -0.736. The zero-order valence-electron chi connectivity index (χ0n) is 16.2. The number of benzene rings is 1. The summed E-state index contributed by atoms with van der Waals surface area (Å²) in [5.41, 5.74) is 0.757. The van der Waals surface area contributed by atoms with Gasteiger partial charge in [0.15, 0.2) is 0 Å². The molecule has 148 valence electrons. The molecule has 1 saturated heterocycles. The Morgan fingerprint density at radius 2 is 1.63 bits per heavy atom. The van der Waals surface area contributed by atoms with Crippen LogP contribution in [0.5, 0.6) is 0 Å². The van der Waals surface area contributed by atoms with Crippen molar-refractivity contribution < 1.29 is 19.8 Å². The molecule has 0 radical (unpaired) electrons. The maximum absolute atomic E-state index is 12.8. The van der Waals surface area contributed by atoms with Gasteiger partial charge in [-0.1, -0.05) is 26.0 Å². The van der Waals surface area contributed by atoms with Crippen molar-refractivity contribution in [3.63, 3.8) is 0 Å². The highest BCUT2D eigenvalue weighted by Gasteiger charge is 2.47. The smallest absolute Gasteiger partial charge is 0.261 e. The third-order valence-corrected chi connectivity index (χ3v) is 5.86. The van der Waals surface area contributed by atoms with Crippen LogP contribution in [0.3, 0.4) is 0 Å². The molecule has 0 spiro atoms. The number of amides is 2. The molecule has 0 aromatic heterocycles. The molecule has 2 heterocycles. The van der Waals surface area contributed by atoms with Crippen LogP contribution in [0.2, 0.25) is 0 Å². The number of hydrogen-bond donors (Lipinski definition) is 2. The van der Waals surface area contributed by atoms with Gasteiger partial charge in [-0.05, 0) is 45.0 Å². The fourth-order valence-electron chi connectivity index (χ4n) is 4.30. The molecule has 1 aromatic rings. The number of carbonyl (C=O) groups is 2. The third kappa shape index (κ3) is 3.52. The molecular weight excluding hydrogens is 346 g/mol. The Morgan fingerprint density at radius 1 is 1.07 bits per heavy atom. The molecule has 27 heavy (non-hydrogen) atoms. The highest BCUT2D eigenvalue weighted by molar-refractivity contribution is 6.21. The summed E-state index contributed by atoms with van der Waals surface area (Å²) in [6.45, 7) is 8.41. The average Bonchev–Trinajstić information content (AvgIpc) is 2.91. The van der Waals surface area contributed by atoms with E-state index in [0.717, 1.165) is 13.1 Å². The van der Waals surface area contributed by atoms with Gasteiger partial charge < -0.3 is 10.2 Å². The van der Waals surface area contributed by atoms with E-state index in [0.29, 0.717) is 30.5 Å². The molecule has 2 N–H and O–H groups in total. The van der Waals surface area contributed by atoms with E-state index in [4.69, 9.17) is 0 Å². The number of imide groups is 1. The minimum atomic E-state index is -1.09. The van der Waals surface area contributed by atoms with Gasteiger partial charge in [-0.2, -0.15) is 0 Å². The number of hydrogen-bond acceptors (Lipinski definition) is 6. The van der Waals surface area contributed by atoms with Crippen LogP contribution in [0.25, 0.3) is 0 Å². The lowest BCUT2D eigenvalue weighted by atomic mass is 9.99. The first-order valence-corrected chi connectivity index (χ1v) is 9.73. The number of aliphatic hydroxyl groups excluding tert-OH is 2. The van der Waals surface area contributed by atoms with E-state index >= 15 is 0 Å². The molecular formula is C20H29N3O4. The van der Waals surface area contributed by atoms with Gasteiger partial charge in [-0.3, -0.25) is 19.4 Å². The van der Waals surface area contributed by atoms with Gasteiger partial charge in [0.1, 0.15) is 12.5 Å². The van der Waals surface area contributed by atoms with Gasteiger partial charge in [0.2, 0.25) is 0 Å². The monoisotopic (exact) mass is 375 g/mol. The number of aliphatic hydroxyl groups is 2. The number of likely N-dealkylation sites (N-methyl/N-ethyl adjacent to an activating group) is 1. The van der Waals surface area contributed by atoms with E-state index in [9.17, 15) is 19.8 Å². The molecule has 2 aliphatic rings. The highest BCUT2D eigenvalue weighted by Crippen LogP contribution is 2.32. The van der Waals surface area contributed by atoms with Crippen LogP contribution < -0.4 is 0 Å². The summed E-state index contributed by atoms with van der Waals surface area (Å²) in [6, 6.07) is 6.20. The van der Waals surface area contributed by atoms with Crippen molar-refractivity contribution >= 4 is 11.8 Å². The lowest BCUT2D eigenvalue weighted by molar-refractivity contribution is -0.160. The van der Waals surface area contributed by atoms with Crippen molar-refractivity contribution in [2.75, 3.05) is 19.6 Å². The first kappa shape index (κ1) is 19.9. The summed E-state index contributed by atoms with van der Waals surface area (Å²) >= 11 is 0. The third-order valence-electron chi connectivity index (χ3n) is 5.86. The van der Waals surface area contributed by atoms with Crippen molar-refractivity contribution in [3.8, 4) is 0 Å². The second kappa shape index (κ2) is 8.06. The fraction of sp³-hybridized carbons (Fsp3) is 0.600. The quantitative estimate of drug-likeness (QED) is 0.725. The first-order chi connectivity index (χ1) is 12.9. The van der Waals surface area contributed by atoms with Crippen LogP contribution in [0.1, 0.15) is 54.3 Å². The molecule has 1 aromatic carbocycles. The predicted molar refractivity (Wildman–Crippen MR) is 101 cm³/mol. The van der Waals surface area contributed by atoms with E-state index in [-0.39, 0.29) is 17.9 Å². The number of nitrogens with zero attached hydrogens (tertiary/aromatic N) is 3. The summed E-state index contributed by atoms with van der Waals surface area (Å²) in [6.07, 6.45) is -1.09. The maximum Gasteiger partial charge on any atom is 0.261 e. The Kier molecular flexibility index (Phi) is 5.95. The highest BCUT2D eigenvalue weighted by atomic mass is 16.3. The van der Waals surface area contributed by atoms with Crippen LogP contribution >= 0.6 is 0 Å². The Morgan fingerprint density at radius 3 is 2.15 bits per heavy atom. The Bertz CT molecular complexity index is 671. The molecule has 7 heteroatoms. The molecule has 2 aliphatic heterocycles. The van der Waals surface area contributed by atoms with Gasteiger partial charge in [0.25, 0.3) is 11.8 Å². The topological polar surface area (TPSA) is 84.3 Å². The van der Waals surface area contributed by atoms with E-state index < -0.39 is 18.5 Å². The zero-order valence-corrected chi connectivity index (χ0v) is 16.2. The van der Waals surface area contributed by atoms with Crippen LogP contribution in [0.15, 0.2) is 24.3 Å². The minimum Gasteiger partial charge on any atom is -0.378 e. The van der Waals surface area contributed by atoms with Crippen molar-refractivity contribution in [2.24, 2.45) is 0 Å². The van der Waals surface area contributed by atoms with Gasteiger partial charge >= 0.3 is 0 Å². The van der Waals surface area contributed by atoms with Gasteiger partial charge in [0, 0.05) is 12.6 Å². The van der Waals surface area contributed by atoms with Gasteiger partial charge in [-0.25, -0.2) is 4.90 Å². The lowest BCUT2D eigenvalue weighted by Gasteiger charge is -2.45. The minimum absolute atomic E-state index is 0.130. The second-order valence-electron chi connectivity index (χ2n) is 7.33. The predicted octanol–water partition coefficient (Wildman–Crippen LogP) is 1.11. The summed E-state index contributed by atoms with van der Waals surface area (Å²) in [5, 5.41) is 21.4.